The normalized spacial score (nSPS) is 23.6. The van der Waals surface area contributed by atoms with Crippen molar-refractivity contribution >= 4 is 15.8 Å². The Labute approximate surface area is 195 Å². The van der Waals surface area contributed by atoms with Gasteiger partial charge in [-0.25, -0.2) is 26.9 Å². The van der Waals surface area contributed by atoms with Gasteiger partial charge in [0.1, 0.15) is 10.7 Å². The number of nitrogens with one attached hydrogen (secondary N) is 1. The second-order valence-corrected chi connectivity index (χ2v) is 10.9. The minimum atomic E-state index is -3.68. The lowest BCUT2D eigenvalue weighted by Gasteiger charge is -2.35. The Balaban J connectivity index is 1.28. The summed E-state index contributed by atoms with van der Waals surface area (Å²) in [5.41, 5.74) is 1.28. The number of nitrogens with zero attached hydrogens (tertiary/aromatic N) is 3. The molecule has 1 aliphatic carbocycles. The Morgan fingerprint density at radius 3 is 2.33 bits per heavy atom. The Bertz CT molecular complexity index is 1000. The monoisotopic (exact) mass is 478 g/mol. The fourth-order valence-corrected chi connectivity index (χ4v) is 5.95. The summed E-state index contributed by atoms with van der Waals surface area (Å²) in [6, 6.07) is 13.8. The second-order valence-electron chi connectivity index (χ2n) is 9.22. The fourth-order valence-electron chi connectivity index (χ4n) is 4.70. The van der Waals surface area contributed by atoms with Crippen molar-refractivity contribution in [1.82, 2.24) is 14.6 Å². The lowest BCUT2D eigenvalue weighted by molar-refractivity contribution is -0.0221. The van der Waals surface area contributed by atoms with Crippen molar-refractivity contribution < 1.29 is 17.2 Å². The average molecular weight is 479 g/mol. The minimum absolute atomic E-state index is 0.0969. The zero-order valence-electron chi connectivity index (χ0n) is 19.0. The molecule has 6 nitrogen and oxygen atoms in total. The van der Waals surface area contributed by atoms with Gasteiger partial charge in [0.25, 0.3) is 5.92 Å². The summed E-state index contributed by atoms with van der Waals surface area (Å²) < 4.78 is 55.3. The molecule has 1 aromatic carbocycles. The molecule has 0 atom stereocenters. The van der Waals surface area contributed by atoms with E-state index in [0.29, 0.717) is 11.9 Å². The molecule has 1 saturated heterocycles. The van der Waals surface area contributed by atoms with Gasteiger partial charge in [0, 0.05) is 50.8 Å². The Kier molecular flexibility index (Phi) is 7.31. The molecule has 0 spiro atoms. The topological polar surface area (TPSA) is 65.5 Å². The van der Waals surface area contributed by atoms with Crippen LogP contribution >= 0.6 is 0 Å². The van der Waals surface area contributed by atoms with Crippen LogP contribution in [-0.4, -0.2) is 56.4 Å². The highest BCUT2D eigenvalue weighted by atomic mass is 32.2. The van der Waals surface area contributed by atoms with Crippen LogP contribution in [0.25, 0.3) is 0 Å². The van der Waals surface area contributed by atoms with E-state index in [2.05, 4.69) is 33.8 Å². The third kappa shape index (κ3) is 6.28. The number of anilines is 1. The number of aromatic nitrogens is 1. The lowest BCUT2D eigenvalue weighted by Crippen LogP contribution is -2.42. The number of piperidine rings is 1. The Morgan fingerprint density at radius 2 is 1.73 bits per heavy atom. The van der Waals surface area contributed by atoms with E-state index in [4.69, 9.17) is 0 Å². The standard InChI is InChI=1S/C24H32F2N4O2S/c1-29(18-19-5-3-2-4-6-19)21-9-7-20(8-10-21)28-33(31,32)22-11-12-23(27-17-22)30-15-13-24(25,26)14-16-30/h2-6,11-12,17,20-21,28H,7-10,13-16,18H2,1H3. The molecule has 1 saturated carbocycles. The fraction of sp³-hybridized carbons (Fsp3) is 0.542. The van der Waals surface area contributed by atoms with Crippen LogP contribution in [0, 0.1) is 0 Å². The zero-order valence-corrected chi connectivity index (χ0v) is 19.8. The van der Waals surface area contributed by atoms with Crippen LogP contribution in [0.5, 0.6) is 0 Å². The molecule has 1 N–H and O–H groups in total. The molecule has 2 fully saturated rings. The SMILES string of the molecule is CN(Cc1ccccc1)C1CCC(NS(=O)(=O)c2ccc(N3CCC(F)(F)CC3)nc2)CC1. The maximum atomic E-state index is 13.4. The van der Waals surface area contributed by atoms with Gasteiger partial charge in [0.2, 0.25) is 10.0 Å². The van der Waals surface area contributed by atoms with E-state index in [0.717, 1.165) is 32.2 Å². The first-order valence-electron chi connectivity index (χ1n) is 11.6. The van der Waals surface area contributed by atoms with E-state index in [1.807, 2.05) is 18.2 Å². The van der Waals surface area contributed by atoms with Crippen molar-refractivity contribution in [1.29, 1.82) is 0 Å². The number of alkyl halides is 2. The summed E-state index contributed by atoms with van der Waals surface area (Å²) in [7, 11) is -1.55. The molecule has 180 valence electrons. The van der Waals surface area contributed by atoms with Crippen LogP contribution in [0.3, 0.4) is 0 Å². The molecule has 0 bridgehead atoms. The number of halogens is 2. The molecular weight excluding hydrogens is 446 g/mol. The zero-order chi connectivity index (χ0) is 23.5. The van der Waals surface area contributed by atoms with E-state index < -0.39 is 15.9 Å². The summed E-state index contributed by atoms with van der Waals surface area (Å²) in [4.78, 5) is 8.47. The average Bonchev–Trinajstić information content (AvgIpc) is 2.80. The van der Waals surface area contributed by atoms with Crippen LogP contribution < -0.4 is 9.62 Å². The number of rotatable bonds is 7. The minimum Gasteiger partial charge on any atom is -0.356 e. The molecule has 2 heterocycles. The van der Waals surface area contributed by atoms with Gasteiger partial charge in [-0.05, 0) is 50.4 Å². The third-order valence-corrected chi connectivity index (χ3v) is 8.27. The molecule has 33 heavy (non-hydrogen) atoms. The van der Waals surface area contributed by atoms with Crippen molar-refractivity contribution in [2.24, 2.45) is 0 Å². The van der Waals surface area contributed by atoms with Gasteiger partial charge >= 0.3 is 0 Å². The van der Waals surface area contributed by atoms with E-state index in [-0.39, 0.29) is 36.9 Å². The van der Waals surface area contributed by atoms with Gasteiger partial charge in [-0.1, -0.05) is 30.3 Å². The highest BCUT2D eigenvalue weighted by Crippen LogP contribution is 2.30. The van der Waals surface area contributed by atoms with E-state index in [1.54, 1.807) is 11.0 Å². The summed E-state index contributed by atoms with van der Waals surface area (Å²) >= 11 is 0. The maximum absolute atomic E-state index is 13.4. The number of benzene rings is 1. The molecule has 9 heteroatoms. The predicted octanol–water partition coefficient (Wildman–Crippen LogP) is 4.04. The molecular formula is C24H32F2N4O2S. The largest absolute Gasteiger partial charge is 0.356 e. The quantitative estimate of drug-likeness (QED) is 0.651. The molecule has 2 aliphatic rings. The third-order valence-electron chi connectivity index (χ3n) is 6.77. The van der Waals surface area contributed by atoms with Crippen LogP contribution in [0.2, 0.25) is 0 Å². The highest BCUT2D eigenvalue weighted by Gasteiger charge is 2.34. The highest BCUT2D eigenvalue weighted by molar-refractivity contribution is 7.89. The summed E-state index contributed by atoms with van der Waals surface area (Å²) in [5, 5.41) is 0. The molecule has 1 aliphatic heterocycles. The van der Waals surface area contributed by atoms with Gasteiger partial charge in [0.05, 0.1) is 0 Å². The molecule has 1 aromatic heterocycles. The summed E-state index contributed by atoms with van der Waals surface area (Å²) in [5.74, 6) is -2.09. The van der Waals surface area contributed by atoms with Crippen molar-refractivity contribution in [3.8, 4) is 0 Å². The Hall–Kier alpha value is -2.10. The first kappa shape index (κ1) is 24.0. The molecule has 0 unspecified atom stereocenters. The number of pyridine rings is 1. The van der Waals surface area contributed by atoms with E-state index in [1.165, 1.54) is 17.8 Å². The van der Waals surface area contributed by atoms with Gasteiger partial charge in [0.15, 0.2) is 0 Å². The molecule has 4 rings (SSSR count). The molecule has 0 radical (unpaired) electrons. The van der Waals surface area contributed by atoms with Gasteiger partial charge < -0.3 is 4.90 Å². The van der Waals surface area contributed by atoms with Gasteiger partial charge in [-0.15, -0.1) is 0 Å². The van der Waals surface area contributed by atoms with Crippen LogP contribution in [0.4, 0.5) is 14.6 Å². The predicted molar refractivity (Wildman–Crippen MR) is 125 cm³/mol. The number of sulfonamides is 1. The molecule has 0 amide bonds. The van der Waals surface area contributed by atoms with Gasteiger partial charge in [-0.2, -0.15) is 0 Å². The van der Waals surface area contributed by atoms with Crippen molar-refractivity contribution in [2.45, 2.75) is 68.0 Å². The van der Waals surface area contributed by atoms with E-state index >= 15 is 0 Å². The van der Waals surface area contributed by atoms with Crippen molar-refractivity contribution in [3.63, 3.8) is 0 Å². The second kappa shape index (κ2) is 10.0. The molecule has 2 aromatic rings. The number of hydrogen-bond donors (Lipinski definition) is 1. The van der Waals surface area contributed by atoms with E-state index in [9.17, 15) is 17.2 Å². The first-order valence-corrected chi connectivity index (χ1v) is 13.1. The van der Waals surface area contributed by atoms with Crippen LogP contribution in [-0.2, 0) is 16.6 Å². The summed E-state index contributed by atoms with van der Waals surface area (Å²) in [6.07, 6.45) is 4.36. The van der Waals surface area contributed by atoms with Crippen molar-refractivity contribution in [3.05, 3.63) is 54.2 Å². The van der Waals surface area contributed by atoms with Crippen molar-refractivity contribution in [2.75, 3.05) is 25.0 Å². The lowest BCUT2D eigenvalue weighted by atomic mass is 9.91. The Morgan fingerprint density at radius 1 is 1.06 bits per heavy atom. The maximum Gasteiger partial charge on any atom is 0.251 e. The first-order chi connectivity index (χ1) is 15.7. The van der Waals surface area contributed by atoms with Crippen LogP contribution in [0.15, 0.2) is 53.6 Å². The smallest absolute Gasteiger partial charge is 0.251 e. The van der Waals surface area contributed by atoms with Gasteiger partial charge in [-0.3, -0.25) is 4.90 Å². The van der Waals surface area contributed by atoms with Crippen LogP contribution in [0.1, 0.15) is 44.1 Å². The number of hydrogen-bond acceptors (Lipinski definition) is 5. The summed E-state index contributed by atoms with van der Waals surface area (Å²) in [6.45, 7) is 1.31.